The molecule has 0 radical (unpaired) electrons. The van der Waals surface area contributed by atoms with E-state index >= 15 is 0 Å². The number of phenols is 1. The van der Waals surface area contributed by atoms with Crippen molar-refractivity contribution in [2.45, 2.75) is 32.9 Å². The van der Waals surface area contributed by atoms with Gasteiger partial charge in [-0.2, -0.15) is 5.10 Å². The fourth-order valence-corrected chi connectivity index (χ4v) is 3.87. The van der Waals surface area contributed by atoms with E-state index in [4.69, 9.17) is 9.47 Å². The van der Waals surface area contributed by atoms with Gasteiger partial charge in [0.05, 0.1) is 25.0 Å². The summed E-state index contributed by atoms with van der Waals surface area (Å²) in [5.74, 6) is 1.11. The number of nitrogens with one attached hydrogen (secondary N) is 1. The number of unbranched alkanes of at least 4 members (excludes halogenated alkanes) is 1. The third kappa shape index (κ3) is 4.69. The number of methoxy groups -OCH3 is 1. The van der Waals surface area contributed by atoms with Crippen LogP contribution in [0.4, 0.5) is 5.69 Å². The number of phenolic OH excluding ortho intramolecular Hbond substituents is 1. The molecule has 0 saturated carbocycles. The molecule has 1 aliphatic rings. The van der Waals surface area contributed by atoms with Gasteiger partial charge < -0.3 is 19.9 Å². The third-order valence-electron chi connectivity index (χ3n) is 5.71. The summed E-state index contributed by atoms with van der Waals surface area (Å²) >= 11 is 0. The maximum atomic E-state index is 13.5. The first-order valence-electron chi connectivity index (χ1n) is 11.4. The van der Waals surface area contributed by atoms with Gasteiger partial charge in [0, 0.05) is 16.8 Å². The predicted molar refractivity (Wildman–Crippen MR) is 133 cm³/mol. The number of amides is 1. The number of rotatable bonds is 8. The van der Waals surface area contributed by atoms with Crippen LogP contribution in [0.25, 0.3) is 0 Å². The lowest BCUT2D eigenvalue weighted by atomic mass is 10.0. The lowest BCUT2D eigenvalue weighted by Gasteiger charge is -2.35. The molecule has 1 aliphatic heterocycles. The molecule has 1 heterocycles. The van der Waals surface area contributed by atoms with Gasteiger partial charge >= 0.3 is 0 Å². The molecule has 0 fully saturated rings. The van der Waals surface area contributed by atoms with Gasteiger partial charge in [0.25, 0.3) is 5.91 Å². The lowest BCUT2D eigenvalue weighted by molar-refractivity contribution is 0.0689. The van der Waals surface area contributed by atoms with Gasteiger partial charge in [0.1, 0.15) is 5.75 Å². The quantitative estimate of drug-likeness (QED) is 0.340. The molecule has 4 rings (SSSR count). The first-order valence-corrected chi connectivity index (χ1v) is 11.4. The Bertz CT molecular complexity index is 1210. The number of aromatic hydroxyl groups is 1. The van der Waals surface area contributed by atoms with Crippen molar-refractivity contribution in [3.05, 3.63) is 83.4 Å². The highest BCUT2D eigenvalue weighted by atomic mass is 16.5. The zero-order valence-electron chi connectivity index (χ0n) is 19.6. The van der Waals surface area contributed by atoms with E-state index in [0.29, 0.717) is 34.9 Å². The summed E-state index contributed by atoms with van der Waals surface area (Å²) in [7, 11) is 1.60. The van der Waals surface area contributed by atoms with Crippen LogP contribution < -0.4 is 14.8 Å². The zero-order chi connectivity index (χ0) is 24.1. The smallest absolute Gasteiger partial charge is 0.278 e. The number of hydrazone groups is 1. The highest BCUT2D eigenvalue weighted by Crippen LogP contribution is 2.37. The van der Waals surface area contributed by atoms with Crippen molar-refractivity contribution in [2.75, 3.05) is 19.0 Å². The van der Waals surface area contributed by atoms with E-state index in [9.17, 15) is 9.90 Å². The number of benzene rings is 3. The van der Waals surface area contributed by atoms with Crippen LogP contribution in [-0.2, 0) is 0 Å². The minimum Gasteiger partial charge on any atom is -0.507 e. The minimum absolute atomic E-state index is 0.105. The van der Waals surface area contributed by atoms with Crippen LogP contribution in [-0.4, -0.2) is 35.5 Å². The molecule has 176 valence electrons. The van der Waals surface area contributed by atoms with Crippen molar-refractivity contribution in [1.29, 1.82) is 0 Å². The van der Waals surface area contributed by atoms with Gasteiger partial charge in [0.15, 0.2) is 17.7 Å². The number of carbonyl (C=O) groups is 1. The molecule has 1 atom stereocenters. The largest absolute Gasteiger partial charge is 0.507 e. The first-order chi connectivity index (χ1) is 16.5. The summed E-state index contributed by atoms with van der Waals surface area (Å²) in [5, 5.41) is 19.8. The van der Waals surface area contributed by atoms with Crippen LogP contribution in [0.5, 0.6) is 17.2 Å². The number of ether oxygens (including phenoxy) is 2. The van der Waals surface area contributed by atoms with E-state index < -0.39 is 6.17 Å². The van der Waals surface area contributed by atoms with Crippen molar-refractivity contribution in [1.82, 2.24) is 5.01 Å². The molecule has 34 heavy (non-hydrogen) atoms. The first kappa shape index (κ1) is 23.2. The summed E-state index contributed by atoms with van der Waals surface area (Å²) in [4.78, 5) is 13.5. The summed E-state index contributed by atoms with van der Waals surface area (Å²) in [6.07, 6.45) is 1.41. The number of nitrogens with zero attached hydrogens (tertiary/aromatic N) is 2. The molecular weight excluding hydrogens is 430 g/mol. The number of para-hydroxylation sites is 2. The van der Waals surface area contributed by atoms with Crippen LogP contribution in [0, 0.1) is 0 Å². The van der Waals surface area contributed by atoms with Crippen LogP contribution in [0.2, 0.25) is 0 Å². The van der Waals surface area contributed by atoms with Gasteiger partial charge in [-0.1, -0.05) is 43.7 Å². The Balaban J connectivity index is 1.75. The summed E-state index contributed by atoms with van der Waals surface area (Å²) < 4.78 is 11.4. The highest BCUT2D eigenvalue weighted by molar-refractivity contribution is 6.05. The summed E-state index contributed by atoms with van der Waals surface area (Å²) in [6, 6.07) is 19.9. The fourth-order valence-electron chi connectivity index (χ4n) is 3.87. The van der Waals surface area contributed by atoms with Crippen molar-refractivity contribution in [3.8, 4) is 17.2 Å². The van der Waals surface area contributed by atoms with Crippen molar-refractivity contribution in [3.63, 3.8) is 0 Å². The lowest BCUT2D eigenvalue weighted by Crippen LogP contribution is -2.40. The van der Waals surface area contributed by atoms with Gasteiger partial charge in [-0.05, 0) is 49.7 Å². The number of hydrogen-bond donors (Lipinski definition) is 2. The maximum Gasteiger partial charge on any atom is 0.278 e. The minimum atomic E-state index is -0.582. The average molecular weight is 460 g/mol. The van der Waals surface area contributed by atoms with E-state index in [0.717, 1.165) is 24.1 Å². The number of carbonyl (C=O) groups excluding carboxylic acids is 1. The van der Waals surface area contributed by atoms with Gasteiger partial charge in [-0.3, -0.25) is 4.79 Å². The van der Waals surface area contributed by atoms with Crippen molar-refractivity contribution >= 4 is 17.3 Å². The predicted octanol–water partition coefficient (Wildman–Crippen LogP) is 5.57. The summed E-state index contributed by atoms with van der Waals surface area (Å²) in [5.41, 5.74) is 3.12. The number of hydrogen-bond acceptors (Lipinski definition) is 6. The average Bonchev–Trinajstić information content (AvgIpc) is 2.86. The normalized spacial score (nSPS) is 15.5. The molecule has 0 aliphatic carbocycles. The molecule has 0 bridgehead atoms. The topological polar surface area (TPSA) is 83.4 Å². The Morgan fingerprint density at radius 1 is 1.09 bits per heavy atom. The van der Waals surface area contributed by atoms with Crippen molar-refractivity contribution < 1.29 is 19.4 Å². The van der Waals surface area contributed by atoms with Gasteiger partial charge in [0.2, 0.25) is 0 Å². The van der Waals surface area contributed by atoms with E-state index in [2.05, 4.69) is 17.3 Å². The Labute approximate surface area is 199 Å². The van der Waals surface area contributed by atoms with Gasteiger partial charge in [-0.25, -0.2) is 5.01 Å². The second-order valence-electron chi connectivity index (χ2n) is 8.06. The van der Waals surface area contributed by atoms with Gasteiger partial charge in [-0.15, -0.1) is 0 Å². The molecule has 7 nitrogen and oxygen atoms in total. The maximum absolute atomic E-state index is 13.5. The molecule has 2 N–H and O–H groups in total. The van der Waals surface area contributed by atoms with Crippen molar-refractivity contribution in [2.24, 2.45) is 5.10 Å². The molecule has 1 amide bonds. The van der Waals surface area contributed by atoms with E-state index in [-0.39, 0.29) is 11.7 Å². The van der Waals surface area contributed by atoms with Crippen LogP contribution in [0.1, 0.15) is 54.3 Å². The third-order valence-corrected chi connectivity index (χ3v) is 5.71. The van der Waals surface area contributed by atoms with Crippen LogP contribution in [0.15, 0.2) is 71.8 Å². The zero-order valence-corrected chi connectivity index (χ0v) is 19.6. The number of fused-ring (bicyclic) bond motifs is 1. The monoisotopic (exact) mass is 459 g/mol. The van der Waals surface area contributed by atoms with Crippen LogP contribution >= 0.6 is 0 Å². The summed E-state index contributed by atoms with van der Waals surface area (Å²) in [6.45, 7) is 4.49. The standard InChI is InChI=1S/C27H29N3O4/c1-4-5-16-34-24-15-14-19(17-25(24)33-3)26-28-22-12-8-6-11-21(22)27(32)30(26)29-18(2)20-10-7-9-13-23(20)31/h6-15,17,26,28,31H,4-5,16H2,1-3H3/b29-18+. The SMILES string of the molecule is CCCCOc1ccc(C2Nc3ccccc3C(=O)N2/N=C(\C)c2ccccc2O)cc1OC. The van der Waals surface area contributed by atoms with E-state index in [1.165, 1.54) is 5.01 Å². The highest BCUT2D eigenvalue weighted by Gasteiger charge is 2.34. The molecular formula is C27H29N3O4. The molecule has 1 unspecified atom stereocenters. The second-order valence-corrected chi connectivity index (χ2v) is 8.06. The Hall–Kier alpha value is -4.00. The molecule has 3 aromatic rings. The Morgan fingerprint density at radius 2 is 1.85 bits per heavy atom. The molecule has 0 spiro atoms. The number of anilines is 1. The fraction of sp³-hybridized carbons (Fsp3) is 0.259. The molecule has 7 heteroatoms. The second kappa shape index (κ2) is 10.3. The van der Waals surface area contributed by atoms with E-state index in [1.54, 1.807) is 38.3 Å². The van der Waals surface area contributed by atoms with E-state index in [1.807, 2.05) is 42.5 Å². The Kier molecular flexibility index (Phi) is 7.01. The van der Waals surface area contributed by atoms with Crippen LogP contribution in [0.3, 0.4) is 0 Å². The molecule has 0 saturated heterocycles. The Morgan fingerprint density at radius 3 is 2.62 bits per heavy atom. The molecule has 0 aromatic heterocycles. The molecule has 3 aromatic carbocycles.